The molecular formula is C9H9ClN4. The molecule has 5 heteroatoms. The Kier molecular flexibility index (Phi) is 2.13. The zero-order valence-electron chi connectivity index (χ0n) is 7.58. The summed E-state index contributed by atoms with van der Waals surface area (Å²) in [7, 11) is 0. The third-order valence-corrected chi connectivity index (χ3v) is 2.22. The normalized spacial score (nSPS) is 10.4. The van der Waals surface area contributed by atoms with Crippen molar-refractivity contribution in [1.82, 2.24) is 15.2 Å². The number of nitrogens with zero attached hydrogens (tertiary/aromatic N) is 2. The molecule has 14 heavy (non-hydrogen) atoms. The van der Waals surface area contributed by atoms with E-state index in [1.807, 2.05) is 19.1 Å². The minimum Gasteiger partial charge on any atom is -0.397 e. The zero-order valence-corrected chi connectivity index (χ0v) is 8.34. The van der Waals surface area contributed by atoms with Crippen LogP contribution in [0.5, 0.6) is 0 Å². The van der Waals surface area contributed by atoms with Gasteiger partial charge in [0, 0.05) is 5.56 Å². The third kappa shape index (κ3) is 1.44. The highest BCUT2D eigenvalue weighted by molar-refractivity contribution is 6.33. The van der Waals surface area contributed by atoms with Gasteiger partial charge in [0.05, 0.1) is 10.7 Å². The van der Waals surface area contributed by atoms with E-state index in [9.17, 15) is 0 Å². The molecule has 0 fully saturated rings. The highest BCUT2D eigenvalue weighted by Gasteiger charge is 2.09. The second-order valence-electron chi connectivity index (χ2n) is 2.95. The number of nitrogen functional groups attached to an aromatic ring is 1. The minimum absolute atomic E-state index is 0.508. The van der Waals surface area contributed by atoms with Gasteiger partial charge in [-0.2, -0.15) is 5.10 Å². The van der Waals surface area contributed by atoms with Crippen LogP contribution in [0.4, 0.5) is 5.69 Å². The maximum absolute atomic E-state index is 5.88. The van der Waals surface area contributed by atoms with Gasteiger partial charge in [0.15, 0.2) is 5.82 Å². The van der Waals surface area contributed by atoms with Gasteiger partial charge in [-0.3, -0.25) is 5.10 Å². The number of aromatic nitrogens is 3. The number of nitrogens with two attached hydrogens (primary N) is 1. The molecule has 0 atom stereocenters. The first-order valence-electron chi connectivity index (χ1n) is 4.12. The smallest absolute Gasteiger partial charge is 0.183 e. The minimum atomic E-state index is 0.508. The van der Waals surface area contributed by atoms with Crippen LogP contribution in [0.3, 0.4) is 0 Å². The average molecular weight is 209 g/mol. The van der Waals surface area contributed by atoms with Crippen molar-refractivity contribution in [2.45, 2.75) is 6.92 Å². The molecule has 0 bridgehead atoms. The molecule has 0 saturated heterocycles. The van der Waals surface area contributed by atoms with E-state index in [0.717, 1.165) is 11.4 Å². The highest BCUT2D eigenvalue weighted by atomic mass is 35.5. The molecule has 0 aliphatic rings. The zero-order chi connectivity index (χ0) is 10.1. The Labute approximate surface area is 86.1 Å². The van der Waals surface area contributed by atoms with Crippen LogP contribution in [0, 0.1) is 6.92 Å². The van der Waals surface area contributed by atoms with Crippen LogP contribution in [0.15, 0.2) is 18.2 Å². The number of halogens is 1. The van der Waals surface area contributed by atoms with Crippen LogP contribution in [-0.4, -0.2) is 15.2 Å². The largest absolute Gasteiger partial charge is 0.397 e. The van der Waals surface area contributed by atoms with Gasteiger partial charge in [-0.05, 0) is 19.1 Å². The first-order chi connectivity index (χ1) is 6.68. The van der Waals surface area contributed by atoms with E-state index in [1.54, 1.807) is 6.07 Å². The Morgan fingerprint density at radius 1 is 1.43 bits per heavy atom. The molecule has 1 aromatic carbocycles. The second-order valence-corrected chi connectivity index (χ2v) is 3.35. The lowest BCUT2D eigenvalue weighted by Gasteiger charge is -2.02. The number of aromatic amines is 1. The van der Waals surface area contributed by atoms with Crippen LogP contribution < -0.4 is 5.73 Å². The molecule has 72 valence electrons. The number of para-hydroxylation sites is 1. The van der Waals surface area contributed by atoms with Crippen LogP contribution in [-0.2, 0) is 0 Å². The Balaban J connectivity index is 2.57. The number of benzene rings is 1. The summed E-state index contributed by atoms with van der Waals surface area (Å²) in [5.41, 5.74) is 7.06. The van der Waals surface area contributed by atoms with Crippen molar-refractivity contribution >= 4 is 17.3 Å². The fourth-order valence-electron chi connectivity index (χ4n) is 1.20. The van der Waals surface area contributed by atoms with Gasteiger partial charge < -0.3 is 5.73 Å². The summed E-state index contributed by atoms with van der Waals surface area (Å²) >= 11 is 5.88. The van der Waals surface area contributed by atoms with E-state index < -0.39 is 0 Å². The molecular weight excluding hydrogens is 200 g/mol. The van der Waals surface area contributed by atoms with E-state index >= 15 is 0 Å². The number of hydrogen-bond acceptors (Lipinski definition) is 3. The summed E-state index contributed by atoms with van der Waals surface area (Å²) in [5.74, 6) is 1.32. The molecule has 0 saturated carbocycles. The van der Waals surface area contributed by atoms with Gasteiger partial charge in [0.2, 0.25) is 0 Å². The van der Waals surface area contributed by atoms with Crippen molar-refractivity contribution in [3.63, 3.8) is 0 Å². The molecule has 0 spiro atoms. The Morgan fingerprint density at radius 3 is 2.86 bits per heavy atom. The standard InChI is InChI=1S/C9H9ClN4/c1-5-12-9(14-13-5)6-3-2-4-7(10)8(6)11/h2-4H,11H2,1H3,(H,12,13,14). The van der Waals surface area contributed by atoms with Gasteiger partial charge in [-0.1, -0.05) is 17.7 Å². The summed E-state index contributed by atoms with van der Waals surface area (Å²) in [6.07, 6.45) is 0. The molecule has 0 amide bonds. The summed E-state index contributed by atoms with van der Waals surface area (Å²) in [5, 5.41) is 7.29. The molecule has 0 radical (unpaired) electrons. The van der Waals surface area contributed by atoms with Crippen molar-refractivity contribution in [1.29, 1.82) is 0 Å². The van der Waals surface area contributed by atoms with E-state index in [-0.39, 0.29) is 0 Å². The van der Waals surface area contributed by atoms with E-state index in [0.29, 0.717) is 16.5 Å². The number of rotatable bonds is 1. The number of hydrogen-bond donors (Lipinski definition) is 2. The van der Waals surface area contributed by atoms with Gasteiger partial charge in [0.1, 0.15) is 5.82 Å². The average Bonchev–Trinajstić information content (AvgIpc) is 2.57. The van der Waals surface area contributed by atoms with Gasteiger partial charge >= 0.3 is 0 Å². The van der Waals surface area contributed by atoms with Crippen LogP contribution in [0.2, 0.25) is 5.02 Å². The predicted octanol–water partition coefficient (Wildman–Crippen LogP) is 2.02. The molecule has 2 rings (SSSR count). The Bertz CT molecular complexity index is 464. The fourth-order valence-corrected chi connectivity index (χ4v) is 1.37. The first-order valence-corrected chi connectivity index (χ1v) is 4.49. The Hall–Kier alpha value is -1.55. The third-order valence-electron chi connectivity index (χ3n) is 1.89. The number of anilines is 1. The van der Waals surface area contributed by atoms with Crippen LogP contribution >= 0.6 is 11.6 Å². The van der Waals surface area contributed by atoms with Crippen molar-refractivity contribution in [2.24, 2.45) is 0 Å². The number of nitrogens with one attached hydrogen (secondary N) is 1. The van der Waals surface area contributed by atoms with E-state index in [4.69, 9.17) is 17.3 Å². The fraction of sp³-hybridized carbons (Fsp3) is 0.111. The van der Waals surface area contributed by atoms with Crippen molar-refractivity contribution < 1.29 is 0 Å². The van der Waals surface area contributed by atoms with Gasteiger partial charge in [-0.15, -0.1) is 0 Å². The monoisotopic (exact) mass is 208 g/mol. The molecule has 4 nitrogen and oxygen atoms in total. The molecule has 0 aliphatic carbocycles. The van der Waals surface area contributed by atoms with Gasteiger partial charge in [-0.25, -0.2) is 4.98 Å². The van der Waals surface area contributed by atoms with Crippen molar-refractivity contribution in [3.8, 4) is 11.4 Å². The number of aryl methyl sites for hydroxylation is 1. The molecule has 1 aromatic heterocycles. The van der Waals surface area contributed by atoms with Crippen LogP contribution in [0.1, 0.15) is 5.82 Å². The number of H-pyrrole nitrogens is 1. The van der Waals surface area contributed by atoms with Gasteiger partial charge in [0.25, 0.3) is 0 Å². The van der Waals surface area contributed by atoms with Crippen molar-refractivity contribution in [3.05, 3.63) is 29.0 Å². The lowest BCUT2D eigenvalue weighted by atomic mass is 10.2. The lowest BCUT2D eigenvalue weighted by molar-refractivity contribution is 1.04. The maximum Gasteiger partial charge on any atom is 0.183 e. The van der Waals surface area contributed by atoms with Crippen molar-refractivity contribution in [2.75, 3.05) is 5.73 Å². The van der Waals surface area contributed by atoms with Crippen LogP contribution in [0.25, 0.3) is 11.4 Å². The molecule has 2 aromatic rings. The molecule has 0 aliphatic heterocycles. The van der Waals surface area contributed by atoms with E-state index in [1.165, 1.54) is 0 Å². The predicted molar refractivity (Wildman–Crippen MR) is 56.0 cm³/mol. The molecule has 0 unspecified atom stereocenters. The Morgan fingerprint density at radius 2 is 2.21 bits per heavy atom. The summed E-state index contributed by atoms with van der Waals surface area (Å²) < 4.78 is 0. The summed E-state index contributed by atoms with van der Waals surface area (Å²) in [6.45, 7) is 1.83. The topological polar surface area (TPSA) is 67.6 Å². The molecule has 1 heterocycles. The lowest BCUT2D eigenvalue weighted by Crippen LogP contribution is -1.92. The SMILES string of the molecule is Cc1nc(-c2cccc(Cl)c2N)n[nH]1. The molecule has 3 N–H and O–H groups in total. The maximum atomic E-state index is 5.88. The quantitative estimate of drug-likeness (QED) is 0.705. The second kappa shape index (κ2) is 3.31. The van der Waals surface area contributed by atoms with E-state index in [2.05, 4.69) is 15.2 Å². The summed E-state index contributed by atoms with van der Waals surface area (Å²) in [6, 6.07) is 5.39. The highest BCUT2D eigenvalue weighted by Crippen LogP contribution is 2.28. The first kappa shape index (κ1) is 9.02. The summed E-state index contributed by atoms with van der Waals surface area (Å²) in [4.78, 5) is 4.18.